The molecule has 0 saturated carbocycles. The molecule has 0 heterocycles. The molecule has 0 fully saturated rings. The van der Waals surface area contributed by atoms with Crippen LogP contribution in [-0.4, -0.2) is 17.5 Å². The van der Waals surface area contributed by atoms with Gasteiger partial charge in [-0.3, -0.25) is 4.79 Å². The molecule has 4 aromatic carbocycles. The highest BCUT2D eigenvalue weighted by Crippen LogP contribution is 2.42. The lowest BCUT2D eigenvalue weighted by Gasteiger charge is -2.18. The van der Waals surface area contributed by atoms with Crippen molar-refractivity contribution in [3.8, 4) is 11.5 Å². The van der Waals surface area contributed by atoms with Gasteiger partial charge < -0.3 is 9.47 Å². The Bertz CT molecular complexity index is 1550. The van der Waals surface area contributed by atoms with Crippen LogP contribution in [0, 0.1) is 0 Å². The number of carbonyl (C=O) groups is 3. The minimum atomic E-state index is -5.26. The smallest absolute Gasteiger partial charge is 0.417 e. The summed E-state index contributed by atoms with van der Waals surface area (Å²) in [5.41, 5.74) is -6.29. The number of hydrogen-bond acceptors (Lipinski definition) is 5. The van der Waals surface area contributed by atoms with Crippen LogP contribution < -0.4 is 14.8 Å². The molecule has 0 aromatic heterocycles. The average molecular weight is 590 g/mol. The van der Waals surface area contributed by atoms with Gasteiger partial charge in [0.05, 0.1) is 22.3 Å². The van der Waals surface area contributed by atoms with Gasteiger partial charge >= 0.3 is 24.3 Å². The predicted molar refractivity (Wildman–Crippen MR) is 138 cm³/mol. The Balaban J connectivity index is 1.73. The zero-order valence-electron chi connectivity index (χ0n) is 20.5. The number of esters is 2. The van der Waals surface area contributed by atoms with Crippen LogP contribution >= 0.6 is 8.58 Å². The summed E-state index contributed by atoms with van der Waals surface area (Å²) in [6, 6.07) is 20.0. The highest BCUT2D eigenvalue weighted by Gasteiger charge is 2.42. The molecule has 1 atom stereocenters. The quantitative estimate of drug-likeness (QED) is 0.0978. The topological polar surface area (TPSA) is 69.7 Å². The molecule has 0 N–H and O–H groups in total. The number of ether oxygens (including phenoxy) is 2. The van der Waals surface area contributed by atoms with Gasteiger partial charge in [-0.05, 0) is 57.1 Å². The highest BCUT2D eigenvalue weighted by molar-refractivity contribution is 7.66. The third kappa shape index (κ3) is 7.18. The van der Waals surface area contributed by atoms with E-state index < -0.39 is 55.1 Å². The fourth-order valence-corrected chi connectivity index (χ4v) is 4.73. The summed E-state index contributed by atoms with van der Waals surface area (Å²) >= 11 is 0. The second kappa shape index (κ2) is 11.9. The first-order valence-electron chi connectivity index (χ1n) is 11.6. The molecule has 4 rings (SSSR count). The summed E-state index contributed by atoms with van der Waals surface area (Å²) in [4.78, 5) is 38.3. The van der Waals surface area contributed by atoms with E-state index in [1.165, 1.54) is 42.5 Å². The van der Waals surface area contributed by atoms with E-state index in [2.05, 4.69) is 0 Å². The first-order chi connectivity index (χ1) is 19.3. The number of carbonyl (C=O) groups excluding carboxylic acids is 3. The summed E-state index contributed by atoms with van der Waals surface area (Å²) < 4.78 is 92.5. The fourth-order valence-electron chi connectivity index (χ4n) is 3.68. The number of alkyl halides is 6. The average Bonchev–Trinajstić information content (AvgIpc) is 2.94. The first kappa shape index (κ1) is 29.5. The van der Waals surface area contributed by atoms with Gasteiger partial charge in [0.2, 0.25) is 0 Å². The van der Waals surface area contributed by atoms with Crippen molar-refractivity contribution < 1.29 is 50.2 Å². The number of halogens is 6. The normalized spacial score (nSPS) is 11.9. The minimum absolute atomic E-state index is 0.0709. The lowest BCUT2D eigenvalue weighted by Crippen LogP contribution is -2.20. The molecular weight excluding hydrogens is 573 g/mol. The molecule has 0 bridgehead atoms. The number of rotatable bonds is 7. The van der Waals surface area contributed by atoms with Crippen molar-refractivity contribution >= 4 is 31.3 Å². The summed E-state index contributed by atoms with van der Waals surface area (Å²) in [6.07, 6.45) is -10.5. The number of hydrogen-bond donors (Lipinski definition) is 0. The standard InChI is InChI=1S/C29H17F6O5P/c30-28(31,32)20-12-7-13-21(29(33,34)35)24(20)27(38)41-23-15-14-19(39-25(36)17-8-3-1-4-9-17)16-22(23)40-26(37)18-10-5-2-6-11-18/h1-16,41H. The third-order valence-corrected chi connectivity index (χ3v) is 6.70. The molecule has 0 amide bonds. The third-order valence-electron chi connectivity index (χ3n) is 5.54. The Labute approximate surface area is 230 Å². The first-order valence-corrected chi connectivity index (χ1v) is 12.6. The highest BCUT2D eigenvalue weighted by atomic mass is 31.1. The molecule has 12 heteroatoms. The molecule has 0 aliphatic heterocycles. The van der Waals surface area contributed by atoms with Crippen molar-refractivity contribution in [2.24, 2.45) is 0 Å². The molecule has 0 aliphatic rings. The Morgan fingerprint density at radius 2 is 1.07 bits per heavy atom. The molecule has 0 spiro atoms. The minimum Gasteiger partial charge on any atom is -0.423 e. The summed E-state index contributed by atoms with van der Waals surface area (Å²) in [7, 11) is -1.33. The maximum Gasteiger partial charge on any atom is 0.417 e. The van der Waals surface area contributed by atoms with Crippen LogP contribution in [0.15, 0.2) is 97.1 Å². The van der Waals surface area contributed by atoms with Crippen molar-refractivity contribution in [1.29, 1.82) is 0 Å². The monoisotopic (exact) mass is 590 g/mol. The van der Waals surface area contributed by atoms with E-state index in [0.29, 0.717) is 18.2 Å². The summed E-state index contributed by atoms with van der Waals surface area (Å²) in [5, 5.41) is -0.191. The van der Waals surface area contributed by atoms with E-state index in [4.69, 9.17) is 9.47 Å². The van der Waals surface area contributed by atoms with Crippen LogP contribution in [0.4, 0.5) is 26.3 Å². The van der Waals surface area contributed by atoms with E-state index in [0.717, 1.165) is 12.1 Å². The molecule has 1 unspecified atom stereocenters. The Morgan fingerprint density at radius 1 is 0.585 bits per heavy atom. The SMILES string of the molecule is O=C(Oc1ccc(PC(=O)c2c(C(F)(F)F)cccc2C(F)(F)F)c(OC(=O)c2ccccc2)c1)c1ccccc1. The summed E-state index contributed by atoms with van der Waals surface area (Å²) in [5.74, 6) is -2.25. The Morgan fingerprint density at radius 3 is 1.56 bits per heavy atom. The molecule has 0 saturated heterocycles. The van der Waals surface area contributed by atoms with Crippen molar-refractivity contribution in [3.63, 3.8) is 0 Å². The van der Waals surface area contributed by atoms with E-state index in [1.54, 1.807) is 24.3 Å². The molecule has 0 aliphatic carbocycles. The molecule has 41 heavy (non-hydrogen) atoms. The lowest BCUT2D eigenvalue weighted by molar-refractivity contribution is -0.143. The second-order valence-electron chi connectivity index (χ2n) is 8.35. The molecule has 0 radical (unpaired) electrons. The Hall–Kier alpha value is -4.50. The van der Waals surface area contributed by atoms with Gasteiger partial charge in [-0.2, -0.15) is 26.3 Å². The van der Waals surface area contributed by atoms with E-state index >= 15 is 0 Å². The fraction of sp³-hybridized carbons (Fsp3) is 0.0690. The van der Waals surface area contributed by atoms with Crippen molar-refractivity contribution in [3.05, 3.63) is 125 Å². The van der Waals surface area contributed by atoms with E-state index in [9.17, 15) is 40.7 Å². The Kier molecular flexibility index (Phi) is 8.58. The number of benzene rings is 4. The van der Waals surface area contributed by atoms with Gasteiger partial charge in [-0.25, -0.2) is 9.59 Å². The van der Waals surface area contributed by atoms with Gasteiger partial charge in [-0.15, -0.1) is 0 Å². The van der Waals surface area contributed by atoms with Crippen molar-refractivity contribution in [2.45, 2.75) is 12.4 Å². The van der Waals surface area contributed by atoms with Crippen molar-refractivity contribution in [1.82, 2.24) is 0 Å². The predicted octanol–water partition coefficient (Wildman–Crippen LogP) is 7.31. The molecule has 210 valence electrons. The maximum absolute atomic E-state index is 13.6. The zero-order chi connectivity index (χ0) is 29.8. The summed E-state index contributed by atoms with van der Waals surface area (Å²) in [6.45, 7) is 0. The van der Waals surface area contributed by atoms with Gasteiger partial charge in [-0.1, -0.05) is 42.5 Å². The van der Waals surface area contributed by atoms with Crippen LogP contribution in [0.1, 0.15) is 42.2 Å². The second-order valence-corrected chi connectivity index (χ2v) is 9.59. The molecule has 4 aromatic rings. The van der Waals surface area contributed by atoms with Crippen molar-refractivity contribution in [2.75, 3.05) is 0 Å². The zero-order valence-corrected chi connectivity index (χ0v) is 21.5. The van der Waals surface area contributed by atoms with Gasteiger partial charge in [0.1, 0.15) is 11.5 Å². The van der Waals surface area contributed by atoms with Gasteiger partial charge in [0, 0.05) is 16.9 Å². The van der Waals surface area contributed by atoms with Crippen LogP contribution in [0.2, 0.25) is 0 Å². The molecular formula is C29H17F6O5P. The maximum atomic E-state index is 13.6. The van der Waals surface area contributed by atoms with E-state index in [-0.39, 0.29) is 27.9 Å². The lowest BCUT2D eigenvalue weighted by atomic mass is 10.0. The van der Waals surface area contributed by atoms with Gasteiger partial charge in [0.15, 0.2) is 5.52 Å². The van der Waals surface area contributed by atoms with Crippen LogP contribution in [-0.2, 0) is 12.4 Å². The van der Waals surface area contributed by atoms with Crippen LogP contribution in [0.25, 0.3) is 0 Å². The largest absolute Gasteiger partial charge is 0.423 e. The molecule has 5 nitrogen and oxygen atoms in total. The van der Waals surface area contributed by atoms with E-state index in [1.807, 2.05) is 0 Å². The van der Waals surface area contributed by atoms with Crippen LogP contribution in [0.5, 0.6) is 11.5 Å². The van der Waals surface area contributed by atoms with Gasteiger partial charge in [0.25, 0.3) is 0 Å². The van der Waals surface area contributed by atoms with Crippen LogP contribution in [0.3, 0.4) is 0 Å².